The summed E-state index contributed by atoms with van der Waals surface area (Å²) in [6, 6.07) is 9.77. The van der Waals surface area contributed by atoms with E-state index in [1.807, 2.05) is 37.3 Å². The van der Waals surface area contributed by atoms with E-state index in [4.69, 9.17) is 0 Å². The standard InChI is InChI=1S/C12H9BrN2OS/c1-7-5-6-10(17-7)15-9-4-2-3-8(13)11(9)14-12(15)16/h2-6H,1H3,(H,14,16). The highest BCUT2D eigenvalue weighted by molar-refractivity contribution is 9.10. The Balaban J connectivity index is 2.40. The number of fused-ring (bicyclic) bond motifs is 1. The average Bonchev–Trinajstić information content (AvgIpc) is 2.82. The zero-order valence-corrected chi connectivity index (χ0v) is 11.4. The summed E-state index contributed by atoms with van der Waals surface area (Å²) in [5.74, 6) is 0. The van der Waals surface area contributed by atoms with Crippen molar-refractivity contribution in [2.45, 2.75) is 6.92 Å². The number of halogens is 1. The summed E-state index contributed by atoms with van der Waals surface area (Å²) < 4.78 is 2.61. The van der Waals surface area contributed by atoms with Crippen LogP contribution in [0.5, 0.6) is 0 Å². The first-order chi connectivity index (χ1) is 8.16. The van der Waals surface area contributed by atoms with Gasteiger partial charge in [0.05, 0.1) is 11.0 Å². The number of aryl methyl sites for hydroxylation is 1. The number of hydrogen-bond acceptors (Lipinski definition) is 2. The summed E-state index contributed by atoms with van der Waals surface area (Å²) in [7, 11) is 0. The van der Waals surface area contributed by atoms with Gasteiger partial charge in [-0.05, 0) is 47.1 Å². The van der Waals surface area contributed by atoms with Crippen LogP contribution in [0.1, 0.15) is 4.88 Å². The fourth-order valence-electron chi connectivity index (χ4n) is 1.86. The Morgan fingerprint density at radius 3 is 2.82 bits per heavy atom. The number of benzene rings is 1. The number of aromatic nitrogens is 2. The topological polar surface area (TPSA) is 37.8 Å². The minimum absolute atomic E-state index is 0.103. The first kappa shape index (κ1) is 10.8. The third-order valence-corrected chi connectivity index (χ3v) is 4.26. The number of H-pyrrole nitrogens is 1. The van der Waals surface area contributed by atoms with Gasteiger partial charge in [0.15, 0.2) is 0 Å². The number of thiophene rings is 1. The van der Waals surface area contributed by atoms with Crippen molar-refractivity contribution >= 4 is 38.3 Å². The van der Waals surface area contributed by atoms with Gasteiger partial charge in [-0.2, -0.15) is 0 Å². The molecular weight excluding hydrogens is 300 g/mol. The molecule has 3 nitrogen and oxygen atoms in total. The van der Waals surface area contributed by atoms with Crippen LogP contribution in [0.25, 0.3) is 16.0 Å². The van der Waals surface area contributed by atoms with Gasteiger partial charge in [0.1, 0.15) is 5.00 Å². The molecule has 0 fully saturated rings. The lowest BCUT2D eigenvalue weighted by molar-refractivity contribution is 1.04. The third-order valence-electron chi connectivity index (χ3n) is 2.61. The van der Waals surface area contributed by atoms with Crippen molar-refractivity contribution in [2.75, 3.05) is 0 Å². The Labute approximate surface area is 110 Å². The fraction of sp³-hybridized carbons (Fsp3) is 0.0833. The van der Waals surface area contributed by atoms with Crippen molar-refractivity contribution in [2.24, 2.45) is 0 Å². The van der Waals surface area contributed by atoms with E-state index in [1.165, 1.54) is 4.88 Å². The maximum absolute atomic E-state index is 12.0. The largest absolute Gasteiger partial charge is 0.331 e. The van der Waals surface area contributed by atoms with E-state index in [-0.39, 0.29) is 5.69 Å². The Morgan fingerprint density at radius 2 is 2.12 bits per heavy atom. The second kappa shape index (κ2) is 3.85. The van der Waals surface area contributed by atoms with E-state index in [0.717, 1.165) is 20.5 Å². The number of nitrogens with one attached hydrogen (secondary N) is 1. The van der Waals surface area contributed by atoms with Gasteiger partial charge in [0, 0.05) is 9.35 Å². The van der Waals surface area contributed by atoms with E-state index < -0.39 is 0 Å². The first-order valence-electron chi connectivity index (χ1n) is 5.13. The molecule has 0 spiro atoms. The van der Waals surface area contributed by atoms with Gasteiger partial charge in [-0.1, -0.05) is 6.07 Å². The monoisotopic (exact) mass is 308 g/mol. The van der Waals surface area contributed by atoms with Gasteiger partial charge in [-0.3, -0.25) is 4.57 Å². The number of aromatic amines is 1. The van der Waals surface area contributed by atoms with Crippen molar-refractivity contribution in [3.8, 4) is 5.00 Å². The lowest BCUT2D eigenvalue weighted by Crippen LogP contribution is -2.13. The van der Waals surface area contributed by atoms with Crippen LogP contribution in [0.15, 0.2) is 39.6 Å². The second-order valence-corrected chi connectivity index (χ2v) is 5.90. The molecule has 0 atom stereocenters. The average molecular weight is 309 g/mol. The molecule has 0 amide bonds. The van der Waals surface area contributed by atoms with Crippen LogP contribution in [0.2, 0.25) is 0 Å². The Kier molecular flexibility index (Phi) is 2.45. The second-order valence-electron chi connectivity index (χ2n) is 3.78. The fourth-order valence-corrected chi connectivity index (χ4v) is 3.19. The quantitative estimate of drug-likeness (QED) is 0.734. The van der Waals surface area contributed by atoms with E-state index in [2.05, 4.69) is 20.9 Å². The number of hydrogen-bond donors (Lipinski definition) is 1. The van der Waals surface area contributed by atoms with E-state index in [1.54, 1.807) is 15.9 Å². The molecule has 0 aliphatic rings. The molecule has 0 aliphatic carbocycles. The zero-order valence-electron chi connectivity index (χ0n) is 9.03. The Morgan fingerprint density at radius 1 is 1.29 bits per heavy atom. The molecule has 17 heavy (non-hydrogen) atoms. The minimum atomic E-state index is -0.103. The normalized spacial score (nSPS) is 11.2. The molecule has 0 saturated heterocycles. The summed E-state index contributed by atoms with van der Waals surface area (Å²) in [5.41, 5.74) is 1.63. The molecule has 1 N–H and O–H groups in total. The molecule has 0 aliphatic heterocycles. The van der Waals surface area contributed by atoms with Crippen molar-refractivity contribution in [1.29, 1.82) is 0 Å². The molecule has 0 saturated carbocycles. The number of nitrogens with zero attached hydrogens (tertiary/aromatic N) is 1. The number of rotatable bonds is 1. The highest BCUT2D eigenvalue weighted by Crippen LogP contribution is 2.25. The molecule has 0 radical (unpaired) electrons. The van der Waals surface area contributed by atoms with Crippen LogP contribution in [0.4, 0.5) is 0 Å². The van der Waals surface area contributed by atoms with Crippen LogP contribution < -0.4 is 5.69 Å². The zero-order chi connectivity index (χ0) is 12.0. The molecule has 2 aromatic heterocycles. The van der Waals surface area contributed by atoms with Gasteiger partial charge < -0.3 is 4.98 Å². The van der Waals surface area contributed by atoms with E-state index >= 15 is 0 Å². The van der Waals surface area contributed by atoms with Crippen molar-refractivity contribution in [3.63, 3.8) is 0 Å². The Hall–Kier alpha value is -1.33. The van der Waals surface area contributed by atoms with Gasteiger partial charge in [0.2, 0.25) is 0 Å². The summed E-state index contributed by atoms with van der Waals surface area (Å²) in [6.07, 6.45) is 0. The molecule has 3 rings (SSSR count). The van der Waals surface area contributed by atoms with Crippen LogP contribution in [0.3, 0.4) is 0 Å². The predicted molar refractivity (Wildman–Crippen MR) is 74.2 cm³/mol. The maximum atomic E-state index is 12.0. The number of imidazole rings is 1. The summed E-state index contributed by atoms with van der Waals surface area (Å²) in [4.78, 5) is 16.1. The van der Waals surface area contributed by atoms with Gasteiger partial charge >= 0.3 is 5.69 Å². The lowest BCUT2D eigenvalue weighted by atomic mass is 10.3. The van der Waals surface area contributed by atoms with E-state index in [9.17, 15) is 4.79 Å². The third kappa shape index (κ3) is 1.66. The molecule has 86 valence electrons. The molecule has 0 bridgehead atoms. The lowest BCUT2D eigenvalue weighted by Gasteiger charge is -1.99. The summed E-state index contributed by atoms with van der Waals surface area (Å²) in [6.45, 7) is 2.03. The molecule has 0 unspecified atom stereocenters. The molecule has 2 heterocycles. The summed E-state index contributed by atoms with van der Waals surface area (Å²) >= 11 is 5.05. The van der Waals surface area contributed by atoms with Crippen LogP contribution in [0, 0.1) is 6.92 Å². The smallest absolute Gasteiger partial charge is 0.304 e. The molecule has 1 aromatic carbocycles. The SMILES string of the molecule is Cc1ccc(-n2c(=O)[nH]c3c(Br)cccc32)s1. The molecule has 5 heteroatoms. The van der Waals surface area contributed by atoms with Crippen molar-refractivity contribution in [1.82, 2.24) is 9.55 Å². The maximum Gasteiger partial charge on any atom is 0.331 e. The van der Waals surface area contributed by atoms with Crippen molar-refractivity contribution in [3.05, 3.63) is 50.2 Å². The summed E-state index contributed by atoms with van der Waals surface area (Å²) in [5, 5.41) is 0.942. The van der Waals surface area contributed by atoms with E-state index in [0.29, 0.717) is 0 Å². The van der Waals surface area contributed by atoms with Gasteiger partial charge in [-0.25, -0.2) is 4.79 Å². The molecular formula is C12H9BrN2OS. The van der Waals surface area contributed by atoms with Crippen LogP contribution in [-0.2, 0) is 0 Å². The first-order valence-corrected chi connectivity index (χ1v) is 6.74. The van der Waals surface area contributed by atoms with Gasteiger partial charge in [0.25, 0.3) is 0 Å². The van der Waals surface area contributed by atoms with Gasteiger partial charge in [-0.15, -0.1) is 11.3 Å². The number of para-hydroxylation sites is 1. The van der Waals surface area contributed by atoms with Crippen LogP contribution in [-0.4, -0.2) is 9.55 Å². The minimum Gasteiger partial charge on any atom is -0.304 e. The highest BCUT2D eigenvalue weighted by Gasteiger charge is 2.11. The van der Waals surface area contributed by atoms with Crippen molar-refractivity contribution < 1.29 is 0 Å². The highest BCUT2D eigenvalue weighted by atomic mass is 79.9. The Bertz CT molecular complexity index is 753. The molecule has 3 aromatic rings. The van der Waals surface area contributed by atoms with Crippen LogP contribution >= 0.6 is 27.3 Å². The predicted octanol–water partition coefficient (Wildman–Crippen LogP) is 3.45.